The molecular formula is C22H20FNO4. The van der Waals surface area contributed by atoms with Crippen molar-refractivity contribution in [2.45, 2.75) is 32.8 Å². The number of ether oxygens (including phenoxy) is 2. The van der Waals surface area contributed by atoms with Gasteiger partial charge in [0.15, 0.2) is 12.4 Å². The van der Waals surface area contributed by atoms with Crippen LogP contribution in [0.2, 0.25) is 0 Å². The standard InChI is InChI=1S/C22H20FNO4/c1-14-20(24-28-22(14)16-5-8-18(23)9-6-16)12-27-21(25)13-26-19-10-7-15-3-2-4-17(15)11-19/h5-11H,2-4,12-13H2,1H3. The molecule has 1 aromatic heterocycles. The van der Waals surface area contributed by atoms with Gasteiger partial charge in [-0.15, -0.1) is 0 Å². The molecular weight excluding hydrogens is 361 g/mol. The summed E-state index contributed by atoms with van der Waals surface area (Å²) < 4.78 is 29.2. The first-order chi connectivity index (χ1) is 13.6. The van der Waals surface area contributed by atoms with Gasteiger partial charge >= 0.3 is 5.97 Å². The highest BCUT2D eigenvalue weighted by Crippen LogP contribution is 2.27. The van der Waals surface area contributed by atoms with Crippen molar-refractivity contribution in [2.75, 3.05) is 6.61 Å². The van der Waals surface area contributed by atoms with Gasteiger partial charge in [0.05, 0.1) is 0 Å². The first-order valence-corrected chi connectivity index (χ1v) is 9.21. The van der Waals surface area contributed by atoms with Crippen molar-refractivity contribution in [3.8, 4) is 17.1 Å². The molecule has 3 aromatic rings. The van der Waals surface area contributed by atoms with Crippen molar-refractivity contribution in [1.82, 2.24) is 5.16 Å². The molecule has 6 heteroatoms. The summed E-state index contributed by atoms with van der Waals surface area (Å²) in [5.41, 5.74) is 4.62. The Kier molecular flexibility index (Phi) is 5.10. The van der Waals surface area contributed by atoms with Crippen LogP contribution in [0.3, 0.4) is 0 Å². The number of rotatable bonds is 6. The molecule has 2 aromatic carbocycles. The van der Waals surface area contributed by atoms with Gasteiger partial charge in [-0.3, -0.25) is 0 Å². The fourth-order valence-electron chi connectivity index (χ4n) is 3.34. The van der Waals surface area contributed by atoms with Crippen LogP contribution >= 0.6 is 0 Å². The Labute approximate surface area is 162 Å². The number of hydrogen-bond acceptors (Lipinski definition) is 5. The smallest absolute Gasteiger partial charge is 0.344 e. The van der Waals surface area contributed by atoms with Gasteiger partial charge < -0.3 is 14.0 Å². The van der Waals surface area contributed by atoms with Gasteiger partial charge in [0.1, 0.15) is 23.9 Å². The van der Waals surface area contributed by atoms with Gasteiger partial charge in [0, 0.05) is 11.1 Å². The van der Waals surface area contributed by atoms with Crippen molar-refractivity contribution >= 4 is 5.97 Å². The van der Waals surface area contributed by atoms with Crippen LogP contribution < -0.4 is 4.74 Å². The third-order valence-electron chi connectivity index (χ3n) is 4.92. The van der Waals surface area contributed by atoms with Gasteiger partial charge in [-0.25, -0.2) is 9.18 Å². The molecule has 1 aliphatic carbocycles. The number of halogens is 1. The molecule has 0 saturated carbocycles. The molecule has 4 rings (SSSR count). The van der Waals surface area contributed by atoms with Crippen LogP contribution in [0.15, 0.2) is 47.0 Å². The third kappa shape index (κ3) is 3.91. The molecule has 0 radical (unpaired) electrons. The van der Waals surface area contributed by atoms with E-state index in [2.05, 4.69) is 11.2 Å². The van der Waals surface area contributed by atoms with Gasteiger partial charge in [-0.1, -0.05) is 11.2 Å². The van der Waals surface area contributed by atoms with Crippen LogP contribution in [-0.4, -0.2) is 17.7 Å². The molecule has 0 atom stereocenters. The summed E-state index contributed by atoms with van der Waals surface area (Å²) in [7, 11) is 0. The number of nitrogens with zero attached hydrogens (tertiary/aromatic N) is 1. The lowest BCUT2D eigenvalue weighted by Crippen LogP contribution is -2.15. The average Bonchev–Trinajstić information content (AvgIpc) is 3.31. The molecule has 5 nitrogen and oxygen atoms in total. The molecule has 28 heavy (non-hydrogen) atoms. The van der Waals surface area contributed by atoms with Gasteiger partial charge in [0.25, 0.3) is 0 Å². The highest BCUT2D eigenvalue weighted by atomic mass is 19.1. The number of carbonyl (C=O) groups is 1. The summed E-state index contributed by atoms with van der Waals surface area (Å²) in [6.45, 7) is 1.64. The predicted octanol–water partition coefficient (Wildman–Crippen LogP) is 4.40. The molecule has 0 amide bonds. The number of esters is 1. The Hall–Kier alpha value is -3.15. The Morgan fingerprint density at radius 3 is 2.75 bits per heavy atom. The average molecular weight is 381 g/mol. The Morgan fingerprint density at radius 2 is 1.93 bits per heavy atom. The summed E-state index contributed by atoms with van der Waals surface area (Å²) in [4.78, 5) is 12.0. The van der Waals surface area contributed by atoms with E-state index >= 15 is 0 Å². The van der Waals surface area contributed by atoms with E-state index in [4.69, 9.17) is 14.0 Å². The highest BCUT2D eigenvalue weighted by Gasteiger charge is 2.16. The first-order valence-electron chi connectivity index (χ1n) is 9.21. The van der Waals surface area contributed by atoms with Crippen LogP contribution in [0, 0.1) is 12.7 Å². The molecule has 0 aliphatic heterocycles. The molecule has 144 valence electrons. The summed E-state index contributed by atoms with van der Waals surface area (Å²) in [5, 5.41) is 3.96. The fourth-order valence-corrected chi connectivity index (χ4v) is 3.34. The van der Waals surface area contributed by atoms with Crippen LogP contribution in [0.25, 0.3) is 11.3 Å². The maximum atomic E-state index is 13.1. The molecule has 0 spiro atoms. The summed E-state index contributed by atoms with van der Waals surface area (Å²) >= 11 is 0. The second kappa shape index (κ2) is 7.84. The molecule has 0 fully saturated rings. The largest absolute Gasteiger partial charge is 0.482 e. The minimum atomic E-state index is -0.480. The van der Waals surface area contributed by atoms with E-state index in [1.807, 2.05) is 19.1 Å². The second-order valence-corrected chi connectivity index (χ2v) is 6.82. The van der Waals surface area contributed by atoms with Crippen LogP contribution in [0.1, 0.15) is 28.8 Å². The van der Waals surface area contributed by atoms with E-state index in [1.54, 1.807) is 12.1 Å². The SMILES string of the molecule is Cc1c(COC(=O)COc2ccc3c(c2)CCC3)noc1-c1ccc(F)cc1. The number of aryl methyl sites for hydroxylation is 2. The number of fused-ring (bicyclic) bond motifs is 1. The summed E-state index contributed by atoms with van der Waals surface area (Å²) in [6, 6.07) is 11.9. The van der Waals surface area contributed by atoms with Crippen LogP contribution in [0.4, 0.5) is 4.39 Å². The minimum absolute atomic E-state index is 0.0110. The molecule has 1 heterocycles. The first kappa shape index (κ1) is 18.2. The van der Waals surface area contributed by atoms with Crippen molar-refractivity contribution < 1.29 is 23.2 Å². The summed E-state index contributed by atoms with van der Waals surface area (Å²) in [6.07, 6.45) is 3.32. The second-order valence-electron chi connectivity index (χ2n) is 6.82. The van der Waals surface area contributed by atoms with Gasteiger partial charge in [0.2, 0.25) is 0 Å². The summed E-state index contributed by atoms with van der Waals surface area (Å²) in [5.74, 6) is 0.402. The molecule has 1 aliphatic rings. The van der Waals surface area contributed by atoms with Crippen molar-refractivity contribution in [2.24, 2.45) is 0 Å². The van der Waals surface area contributed by atoms with E-state index in [1.165, 1.54) is 23.3 Å². The molecule has 0 unspecified atom stereocenters. The number of hydrogen-bond donors (Lipinski definition) is 0. The fraction of sp³-hybridized carbons (Fsp3) is 0.273. The Morgan fingerprint density at radius 1 is 1.14 bits per heavy atom. The van der Waals surface area contributed by atoms with Crippen LogP contribution in [-0.2, 0) is 29.0 Å². The third-order valence-corrected chi connectivity index (χ3v) is 4.92. The van der Waals surface area contributed by atoms with Gasteiger partial charge in [-0.2, -0.15) is 0 Å². The molecule has 0 saturated heterocycles. The maximum Gasteiger partial charge on any atom is 0.344 e. The van der Waals surface area contributed by atoms with Crippen molar-refractivity contribution in [1.29, 1.82) is 0 Å². The number of benzene rings is 2. The minimum Gasteiger partial charge on any atom is -0.482 e. The Balaban J connectivity index is 1.32. The predicted molar refractivity (Wildman–Crippen MR) is 100 cm³/mol. The topological polar surface area (TPSA) is 61.6 Å². The lowest BCUT2D eigenvalue weighted by atomic mass is 10.1. The normalized spacial score (nSPS) is 12.6. The van der Waals surface area contributed by atoms with Crippen molar-refractivity contribution in [3.05, 3.63) is 70.7 Å². The van der Waals surface area contributed by atoms with Gasteiger partial charge in [-0.05, 0) is 73.7 Å². The van der Waals surface area contributed by atoms with Crippen LogP contribution in [0.5, 0.6) is 5.75 Å². The van der Waals surface area contributed by atoms with E-state index in [-0.39, 0.29) is 19.0 Å². The van der Waals surface area contributed by atoms with Crippen molar-refractivity contribution in [3.63, 3.8) is 0 Å². The maximum absolute atomic E-state index is 13.1. The van der Waals surface area contributed by atoms with E-state index in [9.17, 15) is 9.18 Å². The molecule has 0 N–H and O–H groups in total. The Bertz CT molecular complexity index is 994. The number of aromatic nitrogens is 1. The van der Waals surface area contributed by atoms with E-state index < -0.39 is 5.97 Å². The zero-order valence-electron chi connectivity index (χ0n) is 15.5. The zero-order valence-corrected chi connectivity index (χ0v) is 15.5. The van der Waals surface area contributed by atoms with E-state index in [0.717, 1.165) is 24.8 Å². The lowest BCUT2D eigenvalue weighted by molar-refractivity contribution is -0.147. The highest BCUT2D eigenvalue weighted by molar-refractivity contribution is 5.71. The monoisotopic (exact) mass is 381 g/mol. The number of carbonyl (C=O) groups excluding carboxylic acids is 1. The zero-order chi connectivity index (χ0) is 19.5. The van der Waals surface area contributed by atoms with E-state index in [0.29, 0.717) is 22.8 Å². The quantitative estimate of drug-likeness (QED) is 0.592. The molecule has 0 bridgehead atoms. The lowest BCUT2D eigenvalue weighted by Gasteiger charge is -2.08.